The Hall–Kier alpha value is -1.59. The summed E-state index contributed by atoms with van der Waals surface area (Å²) in [6, 6.07) is -0.289. The summed E-state index contributed by atoms with van der Waals surface area (Å²) < 4.78 is 0. The first-order valence-electron chi connectivity index (χ1n) is 8.29. The molecular weight excluding hydrogens is 284 g/mol. The molecule has 0 radical (unpaired) electrons. The molecule has 0 saturated heterocycles. The lowest BCUT2D eigenvalue weighted by atomic mass is 10.0. The van der Waals surface area contributed by atoms with Crippen LogP contribution >= 0.6 is 0 Å². The first-order chi connectivity index (χ1) is 10.5. The van der Waals surface area contributed by atoms with E-state index in [0.717, 1.165) is 32.4 Å². The van der Waals surface area contributed by atoms with Crippen LogP contribution < -0.4 is 5.32 Å². The Labute approximate surface area is 132 Å². The normalized spacial score (nSPS) is 20.6. The summed E-state index contributed by atoms with van der Waals surface area (Å²) in [4.78, 5) is 36.9. The Kier molecular flexibility index (Phi) is 7.91. The third-order valence-electron chi connectivity index (χ3n) is 4.09. The van der Waals surface area contributed by atoms with Gasteiger partial charge in [0.15, 0.2) is 0 Å². The third-order valence-corrected chi connectivity index (χ3v) is 4.09. The van der Waals surface area contributed by atoms with Crippen LogP contribution in [0.4, 0.5) is 0 Å². The number of rotatable bonds is 9. The van der Waals surface area contributed by atoms with Gasteiger partial charge in [0.05, 0.1) is 5.92 Å². The zero-order valence-electron chi connectivity index (χ0n) is 13.6. The van der Waals surface area contributed by atoms with Crippen molar-refractivity contribution in [1.82, 2.24) is 10.2 Å². The standard InChI is InChI=1S/C16H28N2O4/c1-3-10-18(11-4-2)15(20)9-8-14(19)17-13-7-5-6-12(13)16(21)22/h12-13H,3-11H2,1-2H3,(H,17,19)(H,21,22)/t12-,13+/m0/s1. The van der Waals surface area contributed by atoms with Crippen molar-refractivity contribution in [1.29, 1.82) is 0 Å². The van der Waals surface area contributed by atoms with Gasteiger partial charge in [0, 0.05) is 32.0 Å². The number of nitrogens with one attached hydrogen (secondary N) is 1. The predicted octanol–water partition coefficient (Wildman–Crippen LogP) is 1.78. The molecule has 1 saturated carbocycles. The van der Waals surface area contributed by atoms with Crippen molar-refractivity contribution in [2.75, 3.05) is 13.1 Å². The van der Waals surface area contributed by atoms with Gasteiger partial charge in [-0.25, -0.2) is 0 Å². The van der Waals surface area contributed by atoms with E-state index < -0.39 is 11.9 Å². The van der Waals surface area contributed by atoms with Crippen LogP contribution in [0.1, 0.15) is 58.8 Å². The van der Waals surface area contributed by atoms with E-state index in [0.29, 0.717) is 12.8 Å². The number of aliphatic carboxylic acids is 1. The number of hydrogen-bond acceptors (Lipinski definition) is 3. The highest BCUT2D eigenvalue weighted by atomic mass is 16.4. The molecule has 0 aromatic carbocycles. The van der Waals surface area contributed by atoms with E-state index in [2.05, 4.69) is 5.32 Å². The van der Waals surface area contributed by atoms with Gasteiger partial charge >= 0.3 is 5.97 Å². The lowest BCUT2D eigenvalue weighted by molar-refractivity contribution is -0.142. The highest BCUT2D eigenvalue weighted by molar-refractivity contribution is 5.84. The van der Waals surface area contributed by atoms with E-state index >= 15 is 0 Å². The maximum absolute atomic E-state index is 12.1. The summed E-state index contributed by atoms with van der Waals surface area (Å²) in [5.41, 5.74) is 0. The summed E-state index contributed by atoms with van der Waals surface area (Å²) in [6.45, 7) is 5.49. The molecule has 22 heavy (non-hydrogen) atoms. The molecule has 1 fully saturated rings. The Morgan fingerprint density at radius 3 is 2.27 bits per heavy atom. The van der Waals surface area contributed by atoms with Gasteiger partial charge in [-0.05, 0) is 25.7 Å². The van der Waals surface area contributed by atoms with Gasteiger partial charge in [0.2, 0.25) is 11.8 Å². The van der Waals surface area contributed by atoms with E-state index in [1.165, 1.54) is 0 Å². The smallest absolute Gasteiger partial charge is 0.308 e. The zero-order chi connectivity index (χ0) is 16.5. The second-order valence-corrected chi connectivity index (χ2v) is 5.93. The van der Waals surface area contributed by atoms with Crippen LogP contribution in [0.2, 0.25) is 0 Å². The molecule has 0 unspecified atom stereocenters. The Balaban J connectivity index is 2.38. The molecule has 0 aromatic heterocycles. The number of carbonyl (C=O) groups excluding carboxylic acids is 2. The Morgan fingerprint density at radius 1 is 1.09 bits per heavy atom. The topological polar surface area (TPSA) is 86.7 Å². The minimum atomic E-state index is -0.851. The second kappa shape index (κ2) is 9.43. The van der Waals surface area contributed by atoms with Gasteiger partial charge in [0.25, 0.3) is 0 Å². The summed E-state index contributed by atoms with van der Waals surface area (Å²) >= 11 is 0. The van der Waals surface area contributed by atoms with E-state index in [4.69, 9.17) is 5.11 Å². The first kappa shape index (κ1) is 18.5. The molecule has 6 heteroatoms. The molecule has 0 spiro atoms. The van der Waals surface area contributed by atoms with Crippen LogP contribution in [0, 0.1) is 5.92 Å². The average molecular weight is 312 g/mol. The monoisotopic (exact) mass is 312 g/mol. The number of hydrogen-bond donors (Lipinski definition) is 2. The predicted molar refractivity (Wildman–Crippen MR) is 83.3 cm³/mol. The van der Waals surface area contributed by atoms with Crippen molar-refractivity contribution in [3.8, 4) is 0 Å². The summed E-state index contributed by atoms with van der Waals surface area (Å²) in [6.07, 6.45) is 4.26. The Morgan fingerprint density at radius 2 is 1.73 bits per heavy atom. The van der Waals surface area contributed by atoms with Crippen LogP contribution in [0.5, 0.6) is 0 Å². The SMILES string of the molecule is CCCN(CCC)C(=O)CCC(=O)N[C@@H]1CCC[C@@H]1C(=O)O. The van der Waals surface area contributed by atoms with Gasteiger partial charge in [-0.3, -0.25) is 14.4 Å². The minimum absolute atomic E-state index is 0.0000523. The highest BCUT2D eigenvalue weighted by Crippen LogP contribution is 2.25. The van der Waals surface area contributed by atoms with Crippen molar-refractivity contribution >= 4 is 17.8 Å². The molecule has 2 amide bonds. The molecule has 6 nitrogen and oxygen atoms in total. The molecule has 1 aliphatic carbocycles. The van der Waals surface area contributed by atoms with Crippen molar-refractivity contribution in [2.24, 2.45) is 5.92 Å². The molecular formula is C16H28N2O4. The summed E-state index contributed by atoms with van der Waals surface area (Å²) in [5, 5.41) is 11.9. The van der Waals surface area contributed by atoms with Gasteiger partial charge in [-0.15, -0.1) is 0 Å². The molecule has 0 bridgehead atoms. The van der Waals surface area contributed by atoms with Crippen molar-refractivity contribution in [3.63, 3.8) is 0 Å². The highest BCUT2D eigenvalue weighted by Gasteiger charge is 2.33. The van der Waals surface area contributed by atoms with E-state index in [9.17, 15) is 14.4 Å². The number of carbonyl (C=O) groups is 3. The van der Waals surface area contributed by atoms with Crippen LogP contribution in [-0.2, 0) is 14.4 Å². The van der Waals surface area contributed by atoms with Crippen molar-refractivity contribution in [3.05, 3.63) is 0 Å². The Bertz CT molecular complexity index is 392. The number of carboxylic acid groups (broad SMARTS) is 1. The van der Waals surface area contributed by atoms with E-state index in [1.807, 2.05) is 13.8 Å². The molecule has 2 N–H and O–H groups in total. The molecule has 0 aliphatic heterocycles. The summed E-state index contributed by atoms with van der Waals surface area (Å²) in [7, 11) is 0. The average Bonchev–Trinajstić information content (AvgIpc) is 2.92. The molecule has 126 valence electrons. The van der Waals surface area contributed by atoms with Gasteiger partial charge in [0.1, 0.15) is 0 Å². The molecule has 1 rings (SSSR count). The van der Waals surface area contributed by atoms with Crippen LogP contribution in [0.15, 0.2) is 0 Å². The van der Waals surface area contributed by atoms with Crippen molar-refractivity contribution < 1.29 is 19.5 Å². The lowest BCUT2D eigenvalue weighted by Crippen LogP contribution is -2.40. The molecule has 0 heterocycles. The van der Waals surface area contributed by atoms with Crippen LogP contribution in [-0.4, -0.2) is 46.9 Å². The largest absolute Gasteiger partial charge is 0.481 e. The quantitative estimate of drug-likeness (QED) is 0.679. The number of amides is 2. The van der Waals surface area contributed by atoms with E-state index in [-0.39, 0.29) is 30.7 Å². The molecule has 1 aliphatic rings. The fourth-order valence-electron chi connectivity index (χ4n) is 2.99. The number of nitrogens with zero attached hydrogens (tertiary/aromatic N) is 1. The van der Waals surface area contributed by atoms with Gasteiger partial charge < -0.3 is 15.3 Å². The zero-order valence-corrected chi connectivity index (χ0v) is 13.6. The van der Waals surface area contributed by atoms with Gasteiger partial charge in [-0.2, -0.15) is 0 Å². The van der Waals surface area contributed by atoms with Crippen molar-refractivity contribution in [2.45, 2.75) is 64.8 Å². The molecule has 2 atom stereocenters. The maximum atomic E-state index is 12.1. The number of carboxylic acids is 1. The van der Waals surface area contributed by atoms with Crippen LogP contribution in [0.3, 0.4) is 0 Å². The summed E-state index contributed by atoms with van der Waals surface area (Å²) in [5.74, 6) is -1.56. The van der Waals surface area contributed by atoms with E-state index in [1.54, 1.807) is 4.90 Å². The first-order valence-corrected chi connectivity index (χ1v) is 8.29. The lowest BCUT2D eigenvalue weighted by Gasteiger charge is -2.22. The van der Waals surface area contributed by atoms with Gasteiger partial charge in [-0.1, -0.05) is 20.3 Å². The third kappa shape index (κ3) is 5.66. The second-order valence-electron chi connectivity index (χ2n) is 5.93. The fourth-order valence-corrected chi connectivity index (χ4v) is 2.99. The molecule has 0 aromatic rings. The minimum Gasteiger partial charge on any atom is -0.481 e. The fraction of sp³-hybridized carbons (Fsp3) is 0.812. The maximum Gasteiger partial charge on any atom is 0.308 e. The van der Waals surface area contributed by atoms with Crippen LogP contribution in [0.25, 0.3) is 0 Å².